The molecule has 1 aromatic heterocycles. The fourth-order valence-corrected chi connectivity index (χ4v) is 6.11. The number of thiophene rings is 1. The van der Waals surface area contributed by atoms with Crippen molar-refractivity contribution in [2.24, 2.45) is 5.92 Å². The fraction of sp³-hybridized carbons (Fsp3) is 0.444. The van der Waals surface area contributed by atoms with Gasteiger partial charge >= 0.3 is 0 Å². The van der Waals surface area contributed by atoms with Gasteiger partial charge in [0.05, 0.1) is 18.8 Å². The lowest BCUT2D eigenvalue weighted by Gasteiger charge is -2.38. The predicted octanol–water partition coefficient (Wildman–Crippen LogP) is 2.78. The number of aryl methyl sites for hydroxylation is 1. The first kappa shape index (κ1) is 17.0. The van der Waals surface area contributed by atoms with Gasteiger partial charge in [-0.3, -0.25) is 0 Å². The number of sulfonamides is 1. The number of fused-ring (bicyclic) bond motifs is 1. The molecule has 0 unspecified atom stereocenters. The molecule has 5 nitrogen and oxygen atoms in total. The summed E-state index contributed by atoms with van der Waals surface area (Å²) >= 11 is 1.27. The molecule has 0 amide bonds. The molecule has 1 atom stereocenters. The molecular weight excluding hydrogens is 358 g/mol. The average Bonchev–Trinajstić information content (AvgIpc) is 3.18. The number of hydrogen-bond acceptors (Lipinski definition) is 5. The lowest BCUT2D eigenvalue weighted by Crippen LogP contribution is -2.41. The normalized spacial score (nSPS) is 23.6. The predicted molar refractivity (Wildman–Crippen MR) is 96.5 cm³/mol. The van der Waals surface area contributed by atoms with Crippen LogP contribution in [0.2, 0.25) is 0 Å². The Balaban J connectivity index is 1.65. The van der Waals surface area contributed by atoms with E-state index in [1.807, 2.05) is 31.2 Å². The van der Waals surface area contributed by atoms with E-state index in [2.05, 4.69) is 4.72 Å². The van der Waals surface area contributed by atoms with Gasteiger partial charge in [-0.05, 0) is 55.0 Å². The molecule has 0 spiro atoms. The molecule has 0 radical (unpaired) electrons. The zero-order valence-electron chi connectivity index (χ0n) is 13.9. The van der Waals surface area contributed by atoms with Crippen molar-refractivity contribution in [1.82, 2.24) is 4.72 Å². The van der Waals surface area contributed by atoms with Crippen LogP contribution in [-0.2, 0) is 16.4 Å². The lowest BCUT2D eigenvalue weighted by atomic mass is 9.75. The van der Waals surface area contributed by atoms with Gasteiger partial charge in [-0.2, -0.15) is 0 Å². The Hall–Kier alpha value is -1.41. The SMILES string of the molecule is Cc1ccc(S(=O)(=O)N[C@@H](c2ccc3c(c2)CCO3)C2CC(O)C2)s1. The van der Waals surface area contributed by atoms with Gasteiger partial charge in [-0.15, -0.1) is 11.3 Å². The number of nitrogens with one attached hydrogen (secondary N) is 1. The van der Waals surface area contributed by atoms with Crippen LogP contribution in [0.4, 0.5) is 0 Å². The van der Waals surface area contributed by atoms with Crippen LogP contribution in [0.15, 0.2) is 34.5 Å². The first-order valence-corrected chi connectivity index (χ1v) is 10.7. The highest BCUT2D eigenvalue weighted by Gasteiger charge is 2.37. The molecule has 1 fully saturated rings. The third-order valence-corrected chi connectivity index (χ3v) is 7.89. The summed E-state index contributed by atoms with van der Waals surface area (Å²) in [5, 5.41) is 9.69. The van der Waals surface area contributed by atoms with E-state index in [0.717, 1.165) is 28.2 Å². The van der Waals surface area contributed by atoms with Crippen molar-refractivity contribution in [3.63, 3.8) is 0 Å². The Labute approximate surface area is 151 Å². The van der Waals surface area contributed by atoms with Crippen molar-refractivity contribution in [2.45, 2.75) is 42.5 Å². The van der Waals surface area contributed by atoms with Crippen molar-refractivity contribution < 1.29 is 18.3 Å². The number of benzene rings is 1. The lowest BCUT2D eigenvalue weighted by molar-refractivity contribution is 0.0280. The smallest absolute Gasteiger partial charge is 0.250 e. The number of aliphatic hydroxyl groups excluding tert-OH is 1. The summed E-state index contributed by atoms with van der Waals surface area (Å²) in [4.78, 5) is 0.964. The first-order chi connectivity index (χ1) is 11.9. The van der Waals surface area contributed by atoms with E-state index in [9.17, 15) is 13.5 Å². The van der Waals surface area contributed by atoms with E-state index >= 15 is 0 Å². The molecule has 134 valence electrons. The van der Waals surface area contributed by atoms with E-state index in [4.69, 9.17) is 4.74 Å². The number of ether oxygens (including phenoxy) is 1. The monoisotopic (exact) mass is 379 g/mol. The molecule has 4 rings (SSSR count). The maximum atomic E-state index is 12.8. The van der Waals surface area contributed by atoms with Gasteiger partial charge in [-0.1, -0.05) is 12.1 Å². The van der Waals surface area contributed by atoms with Gasteiger partial charge in [0.15, 0.2) is 0 Å². The second-order valence-electron chi connectivity index (χ2n) is 6.81. The van der Waals surface area contributed by atoms with Crippen molar-refractivity contribution in [3.05, 3.63) is 46.3 Å². The maximum absolute atomic E-state index is 12.8. The van der Waals surface area contributed by atoms with Crippen LogP contribution in [-0.4, -0.2) is 26.2 Å². The first-order valence-electron chi connectivity index (χ1n) is 8.45. The zero-order valence-corrected chi connectivity index (χ0v) is 15.6. The molecule has 1 saturated carbocycles. The average molecular weight is 380 g/mol. The molecule has 1 aromatic carbocycles. The standard InChI is InChI=1S/C18H21NO4S2/c1-11-2-5-17(24-11)25(21,22)19-18(14-9-15(20)10-14)13-3-4-16-12(8-13)6-7-23-16/h2-5,8,14-15,18-20H,6-7,9-10H2,1H3/t14?,15?,18-/m0/s1. The minimum Gasteiger partial charge on any atom is -0.493 e. The highest BCUT2D eigenvalue weighted by molar-refractivity contribution is 7.91. The summed E-state index contributed by atoms with van der Waals surface area (Å²) in [5.74, 6) is 0.985. The topological polar surface area (TPSA) is 75.6 Å². The summed E-state index contributed by atoms with van der Waals surface area (Å²) in [5.41, 5.74) is 2.06. The van der Waals surface area contributed by atoms with Crippen LogP contribution >= 0.6 is 11.3 Å². The summed E-state index contributed by atoms with van der Waals surface area (Å²) in [6.07, 6.45) is 1.74. The van der Waals surface area contributed by atoms with E-state index in [1.54, 1.807) is 6.07 Å². The van der Waals surface area contributed by atoms with Crippen molar-refractivity contribution in [1.29, 1.82) is 0 Å². The molecule has 1 aliphatic carbocycles. The van der Waals surface area contributed by atoms with Gasteiger partial charge in [0.1, 0.15) is 9.96 Å². The second-order valence-corrected chi connectivity index (χ2v) is 10.0. The quantitative estimate of drug-likeness (QED) is 0.838. The van der Waals surface area contributed by atoms with Crippen LogP contribution < -0.4 is 9.46 Å². The summed E-state index contributed by atoms with van der Waals surface area (Å²) < 4.78 is 34.4. The van der Waals surface area contributed by atoms with Gasteiger partial charge < -0.3 is 9.84 Å². The largest absolute Gasteiger partial charge is 0.493 e. The van der Waals surface area contributed by atoms with Crippen LogP contribution in [0.3, 0.4) is 0 Å². The van der Waals surface area contributed by atoms with Crippen LogP contribution in [0.25, 0.3) is 0 Å². The Kier molecular flexibility index (Phi) is 4.35. The van der Waals surface area contributed by atoms with Gasteiger partial charge in [-0.25, -0.2) is 13.1 Å². The van der Waals surface area contributed by atoms with Gasteiger partial charge in [0, 0.05) is 11.3 Å². The maximum Gasteiger partial charge on any atom is 0.250 e. The van der Waals surface area contributed by atoms with E-state index in [-0.39, 0.29) is 18.1 Å². The van der Waals surface area contributed by atoms with Crippen LogP contribution in [0.5, 0.6) is 5.75 Å². The summed E-state index contributed by atoms with van der Waals surface area (Å²) in [6, 6.07) is 9.02. The van der Waals surface area contributed by atoms with Gasteiger partial charge in [0.2, 0.25) is 0 Å². The van der Waals surface area contributed by atoms with Crippen molar-refractivity contribution in [3.8, 4) is 5.75 Å². The van der Waals surface area contributed by atoms with Crippen LogP contribution in [0.1, 0.15) is 34.9 Å². The molecular formula is C18H21NO4S2. The van der Waals surface area contributed by atoms with Crippen molar-refractivity contribution in [2.75, 3.05) is 6.61 Å². The highest BCUT2D eigenvalue weighted by atomic mass is 32.2. The van der Waals surface area contributed by atoms with Crippen LogP contribution in [0, 0.1) is 12.8 Å². The number of aliphatic hydroxyl groups is 1. The van der Waals surface area contributed by atoms with E-state index in [0.29, 0.717) is 23.7 Å². The number of hydrogen-bond donors (Lipinski definition) is 2. The number of rotatable bonds is 5. The zero-order chi connectivity index (χ0) is 17.6. The minimum atomic E-state index is -3.58. The second kappa shape index (κ2) is 6.39. The molecule has 7 heteroatoms. The van der Waals surface area contributed by atoms with E-state index < -0.39 is 10.0 Å². The minimum absolute atomic E-state index is 0.103. The van der Waals surface area contributed by atoms with Crippen molar-refractivity contribution >= 4 is 21.4 Å². The summed E-state index contributed by atoms with van der Waals surface area (Å²) in [6.45, 7) is 2.57. The molecule has 0 bridgehead atoms. The highest BCUT2D eigenvalue weighted by Crippen LogP contribution is 2.40. The van der Waals surface area contributed by atoms with E-state index in [1.165, 1.54) is 11.3 Å². The third kappa shape index (κ3) is 3.33. The third-order valence-electron chi connectivity index (χ3n) is 4.96. The summed E-state index contributed by atoms with van der Waals surface area (Å²) in [7, 11) is -3.58. The Bertz CT molecular complexity index is 884. The molecule has 2 heterocycles. The molecule has 0 saturated heterocycles. The van der Waals surface area contributed by atoms with Gasteiger partial charge in [0.25, 0.3) is 10.0 Å². The Morgan fingerprint density at radius 2 is 2.08 bits per heavy atom. The Morgan fingerprint density at radius 1 is 1.28 bits per heavy atom. The fourth-order valence-electron chi connectivity index (χ4n) is 3.52. The molecule has 25 heavy (non-hydrogen) atoms. The Morgan fingerprint density at radius 3 is 2.76 bits per heavy atom. The molecule has 2 aromatic rings. The molecule has 2 aliphatic rings. The molecule has 2 N–H and O–H groups in total. The molecule has 1 aliphatic heterocycles.